The van der Waals surface area contributed by atoms with Crippen molar-refractivity contribution in [2.75, 3.05) is 0 Å². The van der Waals surface area contributed by atoms with Crippen molar-refractivity contribution in [1.82, 2.24) is 25.1 Å². The minimum Gasteiger partial charge on any atom is -0.272 e. The lowest BCUT2D eigenvalue weighted by Crippen LogP contribution is -1.85. The molecule has 0 atom stereocenters. The summed E-state index contributed by atoms with van der Waals surface area (Å²) in [5, 5.41) is 7.34. The number of hydrogen-bond donors (Lipinski definition) is 1. The van der Waals surface area contributed by atoms with E-state index < -0.39 is 0 Å². The van der Waals surface area contributed by atoms with Crippen LogP contribution in [0.1, 0.15) is 0 Å². The maximum absolute atomic E-state index is 5.83. The van der Waals surface area contributed by atoms with E-state index in [4.69, 9.17) is 11.6 Å². The number of aromatic nitrogens is 5. The van der Waals surface area contributed by atoms with Gasteiger partial charge >= 0.3 is 0 Å². The van der Waals surface area contributed by atoms with Crippen molar-refractivity contribution in [3.05, 3.63) is 35.7 Å². The minimum absolute atomic E-state index is 0.434. The Balaban J connectivity index is 2.26. The Morgan fingerprint density at radius 1 is 1.12 bits per heavy atom. The number of hydrogen-bond acceptors (Lipinski definition) is 4. The molecule has 3 rings (SSSR count). The molecular weight excluding hydrogens is 226 g/mol. The van der Waals surface area contributed by atoms with Gasteiger partial charge in [0.2, 0.25) is 0 Å². The molecule has 0 saturated carbocycles. The van der Waals surface area contributed by atoms with Gasteiger partial charge in [0.25, 0.3) is 0 Å². The van der Waals surface area contributed by atoms with Gasteiger partial charge in [-0.1, -0.05) is 17.7 Å². The average molecular weight is 232 g/mol. The molecule has 0 fully saturated rings. The molecule has 3 aromatic heterocycles. The molecule has 0 unspecified atom stereocenters. The van der Waals surface area contributed by atoms with Crippen LogP contribution in [0.5, 0.6) is 0 Å². The SMILES string of the molecule is Clc1cccc(-c2[nH]nc3nccnc23)n1. The van der Waals surface area contributed by atoms with Crippen LogP contribution >= 0.6 is 11.6 Å². The Bertz CT molecular complexity index is 648. The van der Waals surface area contributed by atoms with E-state index in [-0.39, 0.29) is 0 Å². The highest BCUT2D eigenvalue weighted by Gasteiger charge is 2.10. The fraction of sp³-hybridized carbons (Fsp3) is 0. The predicted molar refractivity (Wildman–Crippen MR) is 59.9 cm³/mol. The van der Waals surface area contributed by atoms with Gasteiger partial charge in [0, 0.05) is 12.4 Å². The lowest BCUT2D eigenvalue weighted by atomic mass is 10.2. The Morgan fingerprint density at radius 2 is 2.00 bits per heavy atom. The Labute approximate surface area is 95.5 Å². The third kappa shape index (κ3) is 1.42. The lowest BCUT2D eigenvalue weighted by molar-refractivity contribution is 1.09. The van der Waals surface area contributed by atoms with Crippen LogP contribution in [0.4, 0.5) is 0 Å². The van der Waals surface area contributed by atoms with E-state index in [1.54, 1.807) is 18.5 Å². The van der Waals surface area contributed by atoms with Crippen molar-refractivity contribution < 1.29 is 0 Å². The van der Waals surface area contributed by atoms with Crippen molar-refractivity contribution in [3.63, 3.8) is 0 Å². The summed E-state index contributed by atoms with van der Waals surface area (Å²) >= 11 is 5.83. The van der Waals surface area contributed by atoms with E-state index >= 15 is 0 Å². The maximum Gasteiger partial charge on any atom is 0.200 e. The fourth-order valence-corrected chi connectivity index (χ4v) is 1.64. The first kappa shape index (κ1) is 9.23. The summed E-state index contributed by atoms with van der Waals surface area (Å²) in [6.07, 6.45) is 3.21. The molecule has 0 bridgehead atoms. The van der Waals surface area contributed by atoms with Crippen LogP contribution in [-0.4, -0.2) is 25.1 Å². The van der Waals surface area contributed by atoms with Gasteiger partial charge in [0.1, 0.15) is 16.4 Å². The topological polar surface area (TPSA) is 67.3 Å². The molecule has 0 aliphatic carbocycles. The Hall–Kier alpha value is -2.01. The number of pyridine rings is 1. The molecule has 0 radical (unpaired) electrons. The largest absolute Gasteiger partial charge is 0.272 e. The molecule has 0 spiro atoms. The molecule has 0 amide bonds. The third-order valence-corrected chi connectivity index (χ3v) is 2.37. The number of fused-ring (bicyclic) bond motifs is 1. The van der Waals surface area contributed by atoms with Crippen molar-refractivity contribution in [2.45, 2.75) is 0 Å². The number of aromatic amines is 1. The van der Waals surface area contributed by atoms with E-state index in [0.717, 1.165) is 5.69 Å². The van der Waals surface area contributed by atoms with Crippen LogP contribution in [0.3, 0.4) is 0 Å². The summed E-state index contributed by atoms with van der Waals surface area (Å²) < 4.78 is 0. The summed E-state index contributed by atoms with van der Waals surface area (Å²) in [5.74, 6) is 0. The molecule has 3 heterocycles. The molecule has 1 N–H and O–H groups in total. The van der Waals surface area contributed by atoms with Crippen LogP contribution in [0.25, 0.3) is 22.6 Å². The molecule has 0 aliphatic heterocycles. The second-order valence-corrected chi connectivity index (χ2v) is 3.56. The van der Waals surface area contributed by atoms with E-state index in [0.29, 0.717) is 22.0 Å². The van der Waals surface area contributed by atoms with E-state index in [1.165, 1.54) is 0 Å². The summed E-state index contributed by atoms with van der Waals surface area (Å²) in [4.78, 5) is 12.5. The molecule has 16 heavy (non-hydrogen) atoms. The molecule has 3 aromatic rings. The molecule has 0 aliphatic rings. The zero-order valence-electron chi connectivity index (χ0n) is 8.05. The highest BCUT2D eigenvalue weighted by atomic mass is 35.5. The number of halogens is 1. The molecule has 0 aromatic carbocycles. The van der Waals surface area contributed by atoms with Crippen molar-refractivity contribution in [1.29, 1.82) is 0 Å². The van der Waals surface area contributed by atoms with Gasteiger partial charge < -0.3 is 0 Å². The monoisotopic (exact) mass is 231 g/mol. The highest BCUT2D eigenvalue weighted by Crippen LogP contribution is 2.22. The van der Waals surface area contributed by atoms with E-state index in [1.807, 2.05) is 12.1 Å². The Kier molecular flexibility index (Phi) is 2.04. The first-order chi connectivity index (χ1) is 7.84. The number of H-pyrrole nitrogens is 1. The van der Waals surface area contributed by atoms with Gasteiger partial charge in [-0.3, -0.25) is 5.10 Å². The van der Waals surface area contributed by atoms with Crippen LogP contribution in [0, 0.1) is 0 Å². The standard InChI is InChI=1S/C10H6ClN5/c11-7-3-1-2-6(14-7)8-9-10(16-15-8)13-5-4-12-9/h1-5H,(H,13,15,16). The second kappa shape index (κ2) is 3.53. The number of rotatable bonds is 1. The third-order valence-electron chi connectivity index (χ3n) is 2.16. The van der Waals surface area contributed by atoms with Crippen LogP contribution < -0.4 is 0 Å². The van der Waals surface area contributed by atoms with Gasteiger partial charge in [0.05, 0.1) is 5.69 Å². The first-order valence-electron chi connectivity index (χ1n) is 4.62. The molecule has 78 valence electrons. The lowest BCUT2D eigenvalue weighted by Gasteiger charge is -1.97. The van der Waals surface area contributed by atoms with Crippen LogP contribution in [0.2, 0.25) is 5.15 Å². The molecule has 5 nitrogen and oxygen atoms in total. The summed E-state index contributed by atoms with van der Waals surface area (Å²) in [5.41, 5.74) is 2.69. The minimum atomic E-state index is 0.434. The molecule has 6 heteroatoms. The van der Waals surface area contributed by atoms with Crippen LogP contribution in [-0.2, 0) is 0 Å². The quantitative estimate of drug-likeness (QED) is 0.651. The average Bonchev–Trinajstić information content (AvgIpc) is 2.72. The first-order valence-corrected chi connectivity index (χ1v) is 5.00. The van der Waals surface area contributed by atoms with Gasteiger partial charge in [-0.25, -0.2) is 15.0 Å². The summed E-state index contributed by atoms with van der Waals surface area (Å²) in [6, 6.07) is 5.39. The fourth-order valence-electron chi connectivity index (χ4n) is 1.48. The highest BCUT2D eigenvalue weighted by molar-refractivity contribution is 6.29. The molecular formula is C10H6ClN5. The molecule has 0 saturated heterocycles. The zero-order chi connectivity index (χ0) is 11.0. The van der Waals surface area contributed by atoms with Gasteiger partial charge in [-0.2, -0.15) is 5.10 Å². The van der Waals surface area contributed by atoms with Crippen LogP contribution in [0.15, 0.2) is 30.6 Å². The number of nitrogens with zero attached hydrogens (tertiary/aromatic N) is 4. The summed E-state index contributed by atoms with van der Waals surface area (Å²) in [7, 11) is 0. The normalized spacial score (nSPS) is 10.8. The number of nitrogens with one attached hydrogen (secondary N) is 1. The van der Waals surface area contributed by atoms with Crippen molar-refractivity contribution >= 4 is 22.8 Å². The van der Waals surface area contributed by atoms with Crippen molar-refractivity contribution in [2.24, 2.45) is 0 Å². The smallest absolute Gasteiger partial charge is 0.200 e. The Morgan fingerprint density at radius 3 is 2.88 bits per heavy atom. The van der Waals surface area contributed by atoms with E-state index in [2.05, 4.69) is 25.1 Å². The van der Waals surface area contributed by atoms with Gasteiger partial charge in [-0.15, -0.1) is 0 Å². The van der Waals surface area contributed by atoms with Crippen molar-refractivity contribution in [3.8, 4) is 11.4 Å². The zero-order valence-corrected chi connectivity index (χ0v) is 8.81. The maximum atomic E-state index is 5.83. The predicted octanol–water partition coefficient (Wildman–Crippen LogP) is 2.07. The van der Waals surface area contributed by atoms with Gasteiger partial charge in [0.15, 0.2) is 5.65 Å². The van der Waals surface area contributed by atoms with E-state index in [9.17, 15) is 0 Å². The summed E-state index contributed by atoms with van der Waals surface area (Å²) in [6.45, 7) is 0. The van der Waals surface area contributed by atoms with Gasteiger partial charge in [-0.05, 0) is 12.1 Å². The second-order valence-electron chi connectivity index (χ2n) is 3.17.